The van der Waals surface area contributed by atoms with Crippen molar-refractivity contribution in [1.29, 1.82) is 0 Å². The molecule has 0 aromatic heterocycles. The summed E-state index contributed by atoms with van der Waals surface area (Å²) in [5.41, 5.74) is 1.82. The number of guanidine groups is 1. The van der Waals surface area contributed by atoms with Crippen LogP contribution in [-0.4, -0.2) is 54.7 Å². The second-order valence-corrected chi connectivity index (χ2v) is 7.23. The SMILES string of the molecule is CCNC(=NCc1ccc(C(=O)N(CC)CC)cc1)NC1CC2CCC1O2.I. The molecule has 0 radical (unpaired) electrons. The van der Waals surface area contributed by atoms with Crippen LogP contribution < -0.4 is 10.6 Å². The highest BCUT2D eigenvalue weighted by Gasteiger charge is 2.41. The molecule has 3 unspecified atom stereocenters. The minimum atomic E-state index is 0. The summed E-state index contributed by atoms with van der Waals surface area (Å²) < 4.78 is 5.92. The van der Waals surface area contributed by atoms with Gasteiger partial charge < -0.3 is 20.3 Å². The average Bonchev–Trinajstić information content (AvgIpc) is 3.31. The molecule has 2 aliphatic rings. The first kappa shape index (κ1) is 22.9. The molecule has 6 nitrogen and oxygen atoms in total. The molecule has 2 N–H and O–H groups in total. The maximum absolute atomic E-state index is 12.4. The van der Waals surface area contributed by atoms with Gasteiger partial charge >= 0.3 is 0 Å². The Balaban J connectivity index is 0.00000280. The summed E-state index contributed by atoms with van der Waals surface area (Å²) in [6.07, 6.45) is 4.14. The molecule has 1 aromatic rings. The summed E-state index contributed by atoms with van der Waals surface area (Å²) in [5, 5.41) is 6.85. The van der Waals surface area contributed by atoms with Crippen LogP contribution in [0.3, 0.4) is 0 Å². The lowest BCUT2D eigenvalue weighted by Crippen LogP contribution is -2.47. The first-order valence-corrected chi connectivity index (χ1v) is 10.2. The molecular weight excluding hydrogens is 467 g/mol. The van der Waals surface area contributed by atoms with E-state index in [0.717, 1.165) is 49.6 Å². The van der Waals surface area contributed by atoms with Crippen molar-refractivity contribution in [3.05, 3.63) is 35.4 Å². The largest absolute Gasteiger partial charge is 0.373 e. The summed E-state index contributed by atoms with van der Waals surface area (Å²) in [5.74, 6) is 0.920. The Morgan fingerprint density at radius 3 is 2.43 bits per heavy atom. The van der Waals surface area contributed by atoms with Crippen LogP contribution >= 0.6 is 24.0 Å². The number of carbonyl (C=O) groups excluding carboxylic acids is 1. The number of rotatable bonds is 7. The first-order chi connectivity index (χ1) is 13.1. The number of benzene rings is 1. The Morgan fingerprint density at radius 2 is 1.89 bits per heavy atom. The summed E-state index contributed by atoms with van der Waals surface area (Å²) >= 11 is 0. The predicted octanol–water partition coefficient (Wildman–Crippen LogP) is 3.16. The molecule has 2 heterocycles. The third-order valence-electron chi connectivity index (χ3n) is 5.44. The second-order valence-electron chi connectivity index (χ2n) is 7.23. The number of nitrogens with zero attached hydrogens (tertiary/aromatic N) is 2. The van der Waals surface area contributed by atoms with Gasteiger partial charge in [-0.2, -0.15) is 0 Å². The molecule has 3 atom stereocenters. The number of carbonyl (C=O) groups is 1. The maximum atomic E-state index is 12.4. The number of halogens is 1. The highest BCUT2D eigenvalue weighted by Crippen LogP contribution is 2.34. The Labute approximate surface area is 185 Å². The standard InChI is InChI=1S/C21H32N4O2.HI/c1-4-22-21(24-18-13-17-11-12-19(18)27-17)23-14-15-7-9-16(10-8-15)20(26)25(5-2)6-3;/h7-10,17-19H,4-6,11-14H2,1-3H3,(H2,22,23,24);1H. The molecule has 2 aliphatic heterocycles. The Morgan fingerprint density at radius 1 is 1.18 bits per heavy atom. The minimum absolute atomic E-state index is 0. The van der Waals surface area contributed by atoms with E-state index in [1.54, 1.807) is 0 Å². The molecule has 3 rings (SSSR count). The number of hydrogen-bond acceptors (Lipinski definition) is 3. The number of nitrogens with one attached hydrogen (secondary N) is 2. The molecule has 2 bridgehead atoms. The smallest absolute Gasteiger partial charge is 0.253 e. The van der Waals surface area contributed by atoms with E-state index in [0.29, 0.717) is 24.8 Å². The van der Waals surface area contributed by atoms with Crippen LogP contribution in [0.2, 0.25) is 0 Å². The van der Waals surface area contributed by atoms with Gasteiger partial charge in [0.15, 0.2) is 5.96 Å². The highest BCUT2D eigenvalue weighted by molar-refractivity contribution is 14.0. The van der Waals surface area contributed by atoms with E-state index in [2.05, 4.69) is 17.6 Å². The fourth-order valence-corrected chi connectivity index (χ4v) is 3.90. The fourth-order valence-electron chi connectivity index (χ4n) is 3.90. The molecular formula is C21H33IN4O2. The molecule has 28 heavy (non-hydrogen) atoms. The lowest BCUT2D eigenvalue weighted by Gasteiger charge is -2.22. The van der Waals surface area contributed by atoms with Crippen LogP contribution in [0.4, 0.5) is 0 Å². The monoisotopic (exact) mass is 500 g/mol. The Kier molecular flexibility index (Phi) is 9.01. The van der Waals surface area contributed by atoms with Crippen LogP contribution in [0.25, 0.3) is 0 Å². The molecule has 0 saturated carbocycles. The van der Waals surface area contributed by atoms with Gasteiger partial charge in [0.25, 0.3) is 5.91 Å². The molecule has 0 aliphatic carbocycles. The van der Waals surface area contributed by atoms with E-state index >= 15 is 0 Å². The van der Waals surface area contributed by atoms with E-state index in [4.69, 9.17) is 9.73 Å². The van der Waals surface area contributed by atoms with Crippen LogP contribution in [0.15, 0.2) is 29.3 Å². The number of amides is 1. The number of hydrogen-bond donors (Lipinski definition) is 2. The lowest BCUT2D eigenvalue weighted by atomic mass is 9.96. The lowest BCUT2D eigenvalue weighted by molar-refractivity contribution is 0.0773. The molecule has 156 valence electrons. The van der Waals surface area contributed by atoms with Crippen molar-refractivity contribution in [2.24, 2.45) is 4.99 Å². The van der Waals surface area contributed by atoms with Gasteiger partial charge in [0, 0.05) is 25.2 Å². The van der Waals surface area contributed by atoms with Crippen LogP contribution in [0, 0.1) is 0 Å². The van der Waals surface area contributed by atoms with Crippen molar-refractivity contribution < 1.29 is 9.53 Å². The van der Waals surface area contributed by atoms with Gasteiger partial charge in [0.1, 0.15) is 0 Å². The topological polar surface area (TPSA) is 66.0 Å². The predicted molar refractivity (Wildman–Crippen MR) is 123 cm³/mol. The zero-order valence-corrected chi connectivity index (χ0v) is 19.4. The van der Waals surface area contributed by atoms with Crippen LogP contribution in [0.5, 0.6) is 0 Å². The Bertz CT molecular complexity index is 661. The van der Waals surface area contributed by atoms with Gasteiger partial charge in [0.05, 0.1) is 24.8 Å². The molecule has 1 amide bonds. The summed E-state index contributed by atoms with van der Waals surface area (Å²) in [4.78, 5) is 18.9. The third-order valence-corrected chi connectivity index (χ3v) is 5.44. The summed E-state index contributed by atoms with van der Waals surface area (Å²) in [7, 11) is 0. The zero-order valence-electron chi connectivity index (χ0n) is 17.1. The van der Waals surface area contributed by atoms with E-state index in [1.807, 2.05) is 43.0 Å². The van der Waals surface area contributed by atoms with E-state index in [9.17, 15) is 4.79 Å². The van der Waals surface area contributed by atoms with Gasteiger partial charge in [0.2, 0.25) is 0 Å². The molecule has 2 fully saturated rings. The van der Waals surface area contributed by atoms with Gasteiger partial charge in [-0.3, -0.25) is 4.79 Å². The van der Waals surface area contributed by atoms with Crippen molar-refractivity contribution in [3.63, 3.8) is 0 Å². The van der Waals surface area contributed by atoms with E-state index < -0.39 is 0 Å². The van der Waals surface area contributed by atoms with Gasteiger partial charge in [-0.1, -0.05) is 12.1 Å². The first-order valence-electron chi connectivity index (χ1n) is 10.2. The third kappa shape index (κ3) is 5.59. The quantitative estimate of drug-likeness (QED) is 0.343. The normalized spacial score (nSPS) is 23.2. The highest BCUT2D eigenvalue weighted by atomic mass is 127. The van der Waals surface area contributed by atoms with Gasteiger partial charge in [-0.25, -0.2) is 4.99 Å². The number of fused-ring (bicyclic) bond motifs is 2. The van der Waals surface area contributed by atoms with Crippen molar-refractivity contribution in [2.45, 2.75) is 64.8 Å². The number of aliphatic imine (C=N–C) groups is 1. The second kappa shape index (κ2) is 11.0. The number of ether oxygens (including phenoxy) is 1. The van der Waals surface area contributed by atoms with Crippen molar-refractivity contribution in [2.75, 3.05) is 19.6 Å². The van der Waals surface area contributed by atoms with Crippen LogP contribution in [0.1, 0.15) is 56.0 Å². The van der Waals surface area contributed by atoms with Crippen molar-refractivity contribution in [1.82, 2.24) is 15.5 Å². The van der Waals surface area contributed by atoms with Crippen molar-refractivity contribution >= 4 is 35.8 Å². The zero-order chi connectivity index (χ0) is 19.2. The van der Waals surface area contributed by atoms with E-state index in [1.165, 1.54) is 6.42 Å². The molecule has 7 heteroatoms. The summed E-state index contributed by atoms with van der Waals surface area (Å²) in [6, 6.07) is 8.13. The average molecular weight is 500 g/mol. The maximum Gasteiger partial charge on any atom is 0.253 e. The Hall–Kier alpha value is -1.35. The molecule has 2 saturated heterocycles. The fraction of sp³-hybridized carbons (Fsp3) is 0.619. The molecule has 1 aromatic carbocycles. The van der Waals surface area contributed by atoms with Gasteiger partial charge in [-0.05, 0) is 57.7 Å². The molecule has 0 spiro atoms. The minimum Gasteiger partial charge on any atom is -0.373 e. The summed E-state index contributed by atoms with van der Waals surface area (Å²) in [6.45, 7) is 8.93. The van der Waals surface area contributed by atoms with Gasteiger partial charge in [-0.15, -0.1) is 24.0 Å². The van der Waals surface area contributed by atoms with Crippen molar-refractivity contribution in [3.8, 4) is 0 Å². The van der Waals surface area contributed by atoms with Crippen LogP contribution in [-0.2, 0) is 11.3 Å². The van der Waals surface area contributed by atoms with E-state index in [-0.39, 0.29) is 29.9 Å².